The van der Waals surface area contributed by atoms with Crippen LogP contribution in [0, 0.1) is 5.41 Å². The van der Waals surface area contributed by atoms with Gasteiger partial charge in [0.25, 0.3) is 0 Å². The van der Waals surface area contributed by atoms with Gasteiger partial charge >= 0.3 is 5.97 Å². The number of aryl methyl sites for hydroxylation is 6. The van der Waals surface area contributed by atoms with Gasteiger partial charge in [-0.15, -0.1) is 0 Å². The Morgan fingerprint density at radius 1 is 0.705 bits per heavy atom. The molecule has 3 aromatic rings. The number of carbonyl (C=O) groups is 1. The fraction of sp³-hybridized carbons (Fsp3) is 0.475. The topological polar surface area (TPSA) is 66.8 Å². The molecule has 0 fully saturated rings. The van der Waals surface area contributed by atoms with Crippen LogP contribution in [0.4, 0.5) is 0 Å². The van der Waals surface area contributed by atoms with Gasteiger partial charge in [0.2, 0.25) is 0 Å². The molecule has 0 bridgehead atoms. The summed E-state index contributed by atoms with van der Waals surface area (Å²) in [5.74, 6) is -0.318. The van der Waals surface area contributed by atoms with E-state index in [4.69, 9.17) is 4.74 Å². The molecule has 4 nitrogen and oxygen atoms in total. The quantitative estimate of drug-likeness (QED) is 0.0826. The first kappa shape index (κ1) is 35.3. The van der Waals surface area contributed by atoms with Crippen LogP contribution in [0.2, 0.25) is 0 Å². The molecule has 0 saturated carbocycles. The first-order valence-corrected chi connectivity index (χ1v) is 16.6. The predicted octanol–water partition coefficient (Wildman–Crippen LogP) is 8.41. The lowest BCUT2D eigenvalue weighted by molar-refractivity contribution is -0.139. The Morgan fingerprint density at radius 2 is 1.20 bits per heavy atom. The van der Waals surface area contributed by atoms with Crippen molar-refractivity contribution in [3.63, 3.8) is 0 Å². The van der Waals surface area contributed by atoms with Crippen molar-refractivity contribution in [1.82, 2.24) is 0 Å². The van der Waals surface area contributed by atoms with Crippen LogP contribution >= 0.6 is 0 Å². The highest BCUT2D eigenvalue weighted by atomic mass is 16.5. The summed E-state index contributed by atoms with van der Waals surface area (Å²) in [4.78, 5) is 11.5. The molecule has 0 atom stereocenters. The highest BCUT2D eigenvalue weighted by Crippen LogP contribution is 2.33. The summed E-state index contributed by atoms with van der Waals surface area (Å²) in [6.07, 6.45) is 10.3. The van der Waals surface area contributed by atoms with Crippen LogP contribution in [0.15, 0.2) is 72.8 Å². The van der Waals surface area contributed by atoms with Crippen LogP contribution < -0.4 is 0 Å². The number of aliphatic hydroxyl groups is 2. The number of hydrogen-bond donors (Lipinski definition) is 2. The van der Waals surface area contributed by atoms with E-state index in [-0.39, 0.29) is 19.2 Å². The summed E-state index contributed by atoms with van der Waals surface area (Å²) >= 11 is 0. The van der Waals surface area contributed by atoms with Crippen LogP contribution in [-0.4, -0.2) is 36.0 Å². The van der Waals surface area contributed by atoms with Crippen molar-refractivity contribution in [2.75, 3.05) is 19.8 Å². The molecule has 0 saturated heterocycles. The highest BCUT2D eigenvalue weighted by molar-refractivity contribution is 5.86. The Kier molecular flexibility index (Phi) is 14.4. The number of rotatable bonds is 19. The molecule has 0 aliphatic carbocycles. The zero-order valence-electron chi connectivity index (χ0n) is 27.6. The molecule has 0 aromatic heterocycles. The van der Waals surface area contributed by atoms with Crippen molar-refractivity contribution in [2.45, 2.75) is 98.3 Å². The monoisotopic (exact) mass is 598 g/mol. The van der Waals surface area contributed by atoms with Gasteiger partial charge in [-0.2, -0.15) is 0 Å². The van der Waals surface area contributed by atoms with Crippen LogP contribution in [-0.2, 0) is 48.1 Å². The number of hydrogen-bond acceptors (Lipinski definition) is 4. The molecule has 0 spiro atoms. The van der Waals surface area contributed by atoms with Gasteiger partial charge in [-0.05, 0) is 109 Å². The van der Waals surface area contributed by atoms with E-state index >= 15 is 0 Å². The van der Waals surface area contributed by atoms with Crippen LogP contribution in [0.1, 0.15) is 93.2 Å². The maximum Gasteiger partial charge on any atom is 0.333 e. The fourth-order valence-corrected chi connectivity index (χ4v) is 5.89. The van der Waals surface area contributed by atoms with Crippen LogP contribution in [0.3, 0.4) is 0 Å². The number of unbranched alkanes of at least 4 members (excludes halogenated alkanes) is 1. The Balaban J connectivity index is 1.63. The van der Waals surface area contributed by atoms with Gasteiger partial charge in [-0.25, -0.2) is 4.79 Å². The fourth-order valence-electron chi connectivity index (χ4n) is 5.89. The van der Waals surface area contributed by atoms with E-state index in [0.29, 0.717) is 12.2 Å². The van der Waals surface area contributed by atoms with Crippen molar-refractivity contribution in [1.29, 1.82) is 0 Å². The zero-order chi connectivity index (χ0) is 32.0. The Labute approximate surface area is 266 Å². The van der Waals surface area contributed by atoms with Crippen molar-refractivity contribution < 1.29 is 19.7 Å². The second-order valence-electron chi connectivity index (χ2n) is 12.4. The SMILES string of the molecule is C=C(C)C(=O)OCCCc1ccc(CCc2ccc(-c3ccc(CCC(CO)(CO)CCCC)cc3CC)c(CC)c2)cc1. The van der Waals surface area contributed by atoms with Crippen molar-refractivity contribution in [3.8, 4) is 11.1 Å². The molecule has 3 rings (SSSR count). The first-order chi connectivity index (χ1) is 21.3. The molecule has 0 amide bonds. The highest BCUT2D eigenvalue weighted by Gasteiger charge is 2.27. The average molecular weight is 599 g/mol. The van der Waals surface area contributed by atoms with Crippen molar-refractivity contribution in [2.24, 2.45) is 5.41 Å². The van der Waals surface area contributed by atoms with E-state index in [0.717, 1.165) is 70.6 Å². The summed E-state index contributed by atoms with van der Waals surface area (Å²) in [6, 6.07) is 22.6. The lowest BCUT2D eigenvalue weighted by Crippen LogP contribution is -2.30. The molecule has 4 heteroatoms. The number of carbonyl (C=O) groups excluding carboxylic acids is 1. The minimum absolute atomic E-state index is 0.0378. The molecular formula is C40H54O4. The van der Waals surface area contributed by atoms with E-state index < -0.39 is 5.41 Å². The minimum Gasteiger partial charge on any atom is -0.462 e. The molecule has 44 heavy (non-hydrogen) atoms. The maximum atomic E-state index is 11.5. The molecule has 0 aliphatic rings. The van der Waals surface area contributed by atoms with Gasteiger partial charge in [0.1, 0.15) is 0 Å². The molecule has 0 unspecified atom stereocenters. The van der Waals surface area contributed by atoms with Gasteiger partial charge < -0.3 is 14.9 Å². The van der Waals surface area contributed by atoms with E-state index in [1.54, 1.807) is 6.92 Å². The Hall–Kier alpha value is -3.21. The largest absolute Gasteiger partial charge is 0.462 e. The third kappa shape index (κ3) is 10.2. The Morgan fingerprint density at radius 3 is 1.70 bits per heavy atom. The second-order valence-corrected chi connectivity index (χ2v) is 12.4. The second kappa shape index (κ2) is 17.9. The molecule has 238 valence electrons. The molecular weight excluding hydrogens is 544 g/mol. The molecule has 0 heterocycles. The van der Waals surface area contributed by atoms with E-state index in [1.807, 2.05) is 0 Å². The summed E-state index contributed by atoms with van der Waals surface area (Å²) in [7, 11) is 0. The third-order valence-corrected chi connectivity index (χ3v) is 8.98. The molecule has 2 N–H and O–H groups in total. The Bertz CT molecular complexity index is 1330. The zero-order valence-corrected chi connectivity index (χ0v) is 27.6. The number of benzene rings is 3. The molecule has 3 aromatic carbocycles. The van der Waals surface area contributed by atoms with Gasteiger partial charge in [0, 0.05) is 11.0 Å². The van der Waals surface area contributed by atoms with Gasteiger partial charge in [0.15, 0.2) is 0 Å². The van der Waals surface area contributed by atoms with Crippen molar-refractivity contribution >= 4 is 5.97 Å². The maximum absolute atomic E-state index is 11.5. The lowest BCUT2D eigenvalue weighted by Gasteiger charge is -2.30. The van der Waals surface area contributed by atoms with E-state index in [9.17, 15) is 15.0 Å². The molecule has 0 aliphatic heterocycles. The van der Waals surface area contributed by atoms with Crippen molar-refractivity contribution in [3.05, 3.63) is 106 Å². The summed E-state index contributed by atoms with van der Waals surface area (Å²) in [6.45, 7) is 12.4. The van der Waals surface area contributed by atoms with E-state index in [2.05, 4.69) is 88.0 Å². The molecule has 0 radical (unpaired) electrons. The normalized spacial score (nSPS) is 11.5. The first-order valence-electron chi connectivity index (χ1n) is 16.6. The standard InChI is InChI=1S/C40H54O4/c1-6-9-23-40(28-41,29-42)24-22-34-19-21-38(36(8-3)27-34)37-20-18-33(26-35(37)7-2)17-16-32-14-12-31(13-15-32)11-10-25-44-39(43)30(4)5/h12-15,18-21,26-27,41-42H,4,6-11,16-17,22-25,28-29H2,1-3,5H3. The predicted molar refractivity (Wildman–Crippen MR) is 183 cm³/mol. The van der Waals surface area contributed by atoms with Crippen LogP contribution in [0.25, 0.3) is 11.1 Å². The summed E-state index contributed by atoms with van der Waals surface area (Å²) in [5.41, 5.74) is 10.6. The van der Waals surface area contributed by atoms with E-state index in [1.165, 1.54) is 44.5 Å². The third-order valence-electron chi connectivity index (χ3n) is 8.98. The van der Waals surface area contributed by atoms with Gasteiger partial charge in [-0.1, -0.05) is 101 Å². The number of aliphatic hydroxyl groups excluding tert-OH is 2. The van der Waals surface area contributed by atoms with Crippen LogP contribution in [0.5, 0.6) is 0 Å². The number of ether oxygens (including phenoxy) is 1. The van der Waals surface area contributed by atoms with Gasteiger partial charge in [-0.3, -0.25) is 0 Å². The average Bonchev–Trinajstić information content (AvgIpc) is 3.06. The lowest BCUT2D eigenvalue weighted by atomic mass is 9.79. The minimum atomic E-state index is -0.392. The number of esters is 1. The van der Waals surface area contributed by atoms with Gasteiger partial charge in [0.05, 0.1) is 19.8 Å². The summed E-state index contributed by atoms with van der Waals surface area (Å²) < 4.78 is 5.20. The smallest absolute Gasteiger partial charge is 0.333 e. The summed E-state index contributed by atoms with van der Waals surface area (Å²) in [5, 5.41) is 20.1.